The quantitative estimate of drug-likeness (QED) is 0.685. The molecule has 1 aromatic carbocycles. The van der Waals surface area contributed by atoms with Gasteiger partial charge in [-0.05, 0) is 32.0 Å². The number of imide groups is 1. The summed E-state index contributed by atoms with van der Waals surface area (Å²) in [6.07, 6.45) is -7.71. The van der Waals surface area contributed by atoms with Crippen LogP contribution < -0.4 is 4.90 Å². The molecular formula is C18H15F3N2O5. The lowest BCUT2D eigenvalue weighted by Gasteiger charge is -2.35. The van der Waals surface area contributed by atoms with Crippen LogP contribution in [0.15, 0.2) is 18.2 Å². The van der Waals surface area contributed by atoms with Crippen molar-refractivity contribution < 1.29 is 37.7 Å². The number of aliphatic hydroxyl groups is 2. The number of carbonyl (C=O) groups excluding carboxylic acids is 2. The van der Waals surface area contributed by atoms with E-state index in [1.165, 1.54) is 19.9 Å². The van der Waals surface area contributed by atoms with Gasteiger partial charge in [0.1, 0.15) is 23.4 Å². The summed E-state index contributed by atoms with van der Waals surface area (Å²) >= 11 is 0. The molecule has 28 heavy (non-hydrogen) atoms. The predicted molar refractivity (Wildman–Crippen MR) is 85.5 cm³/mol. The number of nitriles is 1. The summed E-state index contributed by atoms with van der Waals surface area (Å²) in [4.78, 5) is 26.6. The largest absolute Gasteiger partial charge is 0.417 e. The molecule has 7 nitrogen and oxygen atoms in total. The van der Waals surface area contributed by atoms with E-state index in [2.05, 4.69) is 0 Å². The molecule has 3 heterocycles. The van der Waals surface area contributed by atoms with Crippen LogP contribution in [0.5, 0.6) is 0 Å². The molecule has 3 saturated heterocycles. The first-order chi connectivity index (χ1) is 12.9. The van der Waals surface area contributed by atoms with E-state index in [9.17, 15) is 33.0 Å². The van der Waals surface area contributed by atoms with Crippen LogP contribution in [0.25, 0.3) is 0 Å². The van der Waals surface area contributed by atoms with E-state index in [1.54, 1.807) is 0 Å². The number of carbonyl (C=O) groups is 2. The average molecular weight is 396 g/mol. The molecule has 2 N–H and O–H groups in total. The van der Waals surface area contributed by atoms with Crippen molar-refractivity contribution in [3.05, 3.63) is 29.3 Å². The molecule has 4 rings (SSSR count). The predicted octanol–water partition coefficient (Wildman–Crippen LogP) is 0.966. The molecule has 3 fully saturated rings. The first kappa shape index (κ1) is 18.9. The molecule has 2 bridgehead atoms. The van der Waals surface area contributed by atoms with E-state index in [-0.39, 0.29) is 5.69 Å². The number of fused-ring (bicyclic) bond motifs is 5. The van der Waals surface area contributed by atoms with Crippen LogP contribution in [0.1, 0.15) is 25.0 Å². The Bertz CT molecular complexity index is 920. The molecule has 2 amide bonds. The van der Waals surface area contributed by atoms with Gasteiger partial charge >= 0.3 is 6.18 Å². The number of alkyl halides is 3. The highest BCUT2D eigenvalue weighted by Gasteiger charge is 2.79. The van der Waals surface area contributed by atoms with Gasteiger partial charge in [-0.15, -0.1) is 0 Å². The molecule has 3 aliphatic heterocycles. The lowest BCUT2D eigenvalue weighted by Crippen LogP contribution is -2.57. The fraction of sp³-hybridized carbons (Fsp3) is 0.500. The van der Waals surface area contributed by atoms with Crippen molar-refractivity contribution >= 4 is 17.5 Å². The maximum absolute atomic E-state index is 13.3. The Morgan fingerprint density at radius 3 is 2.04 bits per heavy atom. The minimum atomic E-state index is -4.85. The highest BCUT2D eigenvalue weighted by molar-refractivity contribution is 6.23. The van der Waals surface area contributed by atoms with Crippen molar-refractivity contribution in [2.24, 2.45) is 11.8 Å². The van der Waals surface area contributed by atoms with Crippen molar-refractivity contribution in [2.75, 3.05) is 4.90 Å². The third-order valence-corrected chi connectivity index (χ3v) is 6.14. The van der Waals surface area contributed by atoms with E-state index in [1.807, 2.05) is 0 Å². The number of hydrogen-bond donors (Lipinski definition) is 2. The molecular weight excluding hydrogens is 381 g/mol. The van der Waals surface area contributed by atoms with Gasteiger partial charge < -0.3 is 14.9 Å². The third kappa shape index (κ3) is 2.04. The zero-order valence-corrected chi connectivity index (χ0v) is 14.7. The summed E-state index contributed by atoms with van der Waals surface area (Å²) < 4.78 is 45.5. The zero-order chi connectivity index (χ0) is 20.8. The molecule has 0 unspecified atom stereocenters. The Labute approximate surface area is 156 Å². The van der Waals surface area contributed by atoms with Gasteiger partial charge in [0.2, 0.25) is 11.8 Å². The van der Waals surface area contributed by atoms with Gasteiger partial charge in [-0.2, -0.15) is 18.4 Å². The van der Waals surface area contributed by atoms with Gasteiger partial charge in [-0.3, -0.25) is 9.59 Å². The van der Waals surface area contributed by atoms with Crippen LogP contribution in [0.4, 0.5) is 18.9 Å². The van der Waals surface area contributed by atoms with Crippen molar-refractivity contribution in [3.8, 4) is 6.07 Å². The van der Waals surface area contributed by atoms with Crippen LogP contribution >= 0.6 is 0 Å². The van der Waals surface area contributed by atoms with Gasteiger partial charge in [-0.1, -0.05) is 0 Å². The van der Waals surface area contributed by atoms with Crippen molar-refractivity contribution in [1.29, 1.82) is 5.26 Å². The van der Waals surface area contributed by atoms with Crippen LogP contribution in [-0.4, -0.2) is 45.4 Å². The van der Waals surface area contributed by atoms with Crippen LogP contribution in [-0.2, 0) is 20.5 Å². The Kier molecular flexibility index (Phi) is 3.58. The number of ether oxygens (including phenoxy) is 1. The molecule has 148 valence electrons. The molecule has 10 heteroatoms. The topological polar surface area (TPSA) is 111 Å². The Hall–Kier alpha value is -2.48. The number of amides is 2. The average Bonchev–Trinajstić information content (AvgIpc) is 3.10. The maximum atomic E-state index is 13.3. The summed E-state index contributed by atoms with van der Waals surface area (Å²) in [7, 11) is 0. The number of anilines is 1. The van der Waals surface area contributed by atoms with Gasteiger partial charge in [-0.25, -0.2) is 4.90 Å². The molecule has 0 radical (unpaired) electrons. The monoisotopic (exact) mass is 396 g/mol. The molecule has 0 spiro atoms. The summed E-state index contributed by atoms with van der Waals surface area (Å²) in [6, 6.07) is 4.00. The van der Waals surface area contributed by atoms with Crippen LogP contribution in [0.3, 0.4) is 0 Å². The van der Waals surface area contributed by atoms with Crippen molar-refractivity contribution in [3.63, 3.8) is 0 Å². The van der Waals surface area contributed by atoms with Gasteiger partial charge in [0.05, 0.1) is 34.7 Å². The second-order valence-electron chi connectivity index (χ2n) is 7.67. The number of aliphatic hydroxyl groups excluding tert-OH is 2. The van der Waals surface area contributed by atoms with E-state index in [4.69, 9.17) is 10.00 Å². The Morgan fingerprint density at radius 1 is 1.11 bits per heavy atom. The Balaban J connectivity index is 1.82. The highest BCUT2D eigenvalue weighted by atomic mass is 19.4. The number of rotatable bonds is 1. The lowest BCUT2D eigenvalue weighted by molar-refractivity contribution is -0.138. The standard InChI is InChI=1S/C18H15F3N2O5/c1-16-10-11(17(2,28-16)13(25)12(16)24)15(27)23(14(10)26)8-4-3-7(6-22)9(5-8)18(19,20)21/h3-5,10-13,24-25H,1-2H3/t10-,11+,12+,13-,16+,17-. The third-order valence-electron chi connectivity index (χ3n) is 6.14. The summed E-state index contributed by atoms with van der Waals surface area (Å²) in [5.41, 5.74) is -5.31. The zero-order valence-electron chi connectivity index (χ0n) is 14.7. The highest BCUT2D eigenvalue weighted by Crippen LogP contribution is 2.61. The van der Waals surface area contributed by atoms with Crippen molar-refractivity contribution in [2.45, 2.75) is 43.4 Å². The van der Waals surface area contributed by atoms with E-state index in [0.717, 1.165) is 12.1 Å². The second kappa shape index (κ2) is 5.31. The Morgan fingerprint density at radius 2 is 1.61 bits per heavy atom. The molecule has 0 aliphatic carbocycles. The number of nitrogens with zero attached hydrogens (tertiary/aromatic N) is 2. The summed E-state index contributed by atoms with van der Waals surface area (Å²) in [5, 5.41) is 29.5. The second-order valence-corrected chi connectivity index (χ2v) is 7.67. The molecule has 0 saturated carbocycles. The fourth-order valence-electron chi connectivity index (χ4n) is 4.80. The minimum absolute atomic E-state index is 0.327. The molecule has 0 aromatic heterocycles. The first-order valence-corrected chi connectivity index (χ1v) is 8.43. The van der Waals surface area contributed by atoms with E-state index < -0.39 is 64.4 Å². The van der Waals surface area contributed by atoms with Crippen molar-refractivity contribution in [1.82, 2.24) is 0 Å². The lowest BCUT2D eigenvalue weighted by atomic mass is 9.66. The molecule has 3 aliphatic rings. The SMILES string of the molecule is C[C@]12O[C@](C)([C@@H](O)[C@H]1O)[C@H]1C(=O)N(c3ccc(C#N)c(C(F)(F)F)c3)C(=O)[C@H]12. The van der Waals surface area contributed by atoms with Crippen LogP contribution in [0.2, 0.25) is 0 Å². The normalized spacial score (nSPS) is 39.4. The number of benzene rings is 1. The van der Waals surface area contributed by atoms with E-state index in [0.29, 0.717) is 11.0 Å². The van der Waals surface area contributed by atoms with Gasteiger partial charge in [0, 0.05) is 0 Å². The fourth-order valence-corrected chi connectivity index (χ4v) is 4.80. The molecule has 6 atom stereocenters. The summed E-state index contributed by atoms with van der Waals surface area (Å²) in [5.74, 6) is -3.92. The van der Waals surface area contributed by atoms with Gasteiger partial charge in [0.25, 0.3) is 0 Å². The number of halogens is 3. The summed E-state index contributed by atoms with van der Waals surface area (Å²) in [6.45, 7) is 2.79. The first-order valence-electron chi connectivity index (χ1n) is 8.43. The van der Waals surface area contributed by atoms with Gasteiger partial charge in [0.15, 0.2) is 0 Å². The molecule has 1 aromatic rings. The van der Waals surface area contributed by atoms with E-state index >= 15 is 0 Å². The smallest absolute Gasteiger partial charge is 0.387 e. The van der Waals surface area contributed by atoms with Crippen LogP contribution in [0, 0.1) is 23.2 Å². The number of hydrogen-bond acceptors (Lipinski definition) is 6. The minimum Gasteiger partial charge on any atom is -0.387 e. The maximum Gasteiger partial charge on any atom is 0.417 e.